The summed E-state index contributed by atoms with van der Waals surface area (Å²) >= 11 is 0.795. The average molecular weight is 1890 g/mol. The highest BCUT2D eigenvalue weighted by Gasteiger charge is 2.45. The number of hydrogen-bond acceptors (Lipinski definition) is 21. The molecular weight excluding hydrogens is 1760 g/mol. The van der Waals surface area contributed by atoms with E-state index in [4.69, 9.17) is 22.6 Å². The molecule has 730 valence electrons. The molecule has 41 nitrogen and oxygen atoms in total. The van der Waals surface area contributed by atoms with Crippen LogP contribution in [-0.4, -0.2) is 302 Å². The number of aliphatic hydroxyl groups is 1. The molecule has 2 aliphatic heterocycles. The first-order valence-corrected chi connectivity index (χ1v) is 46.4. The first-order chi connectivity index (χ1) is 64.4. The summed E-state index contributed by atoms with van der Waals surface area (Å²) < 4.78 is 0. The molecule has 0 radical (unpaired) electrons. The SMILES string of the molecule is CCCC[C@H]1C(=O)N(C)[C@@H](CCCC)C(=O)NC(CCCNC(=N)N)C(=O)N[C@H](C(=O)NCC(N)=O)CSCC(=O)N[C@@H](Cc2ccccc2)C(=O)N(C)[C@@H](C)C(=O)N[C@@H](CC(N)=O)C(=O)N2CCC[C@H]2C(=O)N[C@@H](Cc2cnc[nH]2)C(=O)N[C@@H](CC(C)C)C(=O)N(C)CC(=O)N[C@@H](Cc2c[nH]c3ccccc23)C(=O)N[C@@H](CO)C(=O)N[C@@H](C(c2ccccc2)c2ccccc2)C(=O)N1C. The van der Waals surface area contributed by atoms with Crippen LogP contribution in [-0.2, 0) is 101 Å². The van der Waals surface area contributed by atoms with Gasteiger partial charge in [0.15, 0.2) is 5.96 Å². The van der Waals surface area contributed by atoms with Crippen LogP contribution in [0.2, 0.25) is 0 Å². The second kappa shape index (κ2) is 52.6. The van der Waals surface area contributed by atoms with Gasteiger partial charge in [0.25, 0.3) is 0 Å². The zero-order valence-corrected chi connectivity index (χ0v) is 78.4. The van der Waals surface area contributed by atoms with Gasteiger partial charge in [-0.25, -0.2) is 4.98 Å². The Labute approximate surface area is 788 Å². The minimum atomic E-state index is -1.89. The van der Waals surface area contributed by atoms with Gasteiger partial charge in [-0.1, -0.05) is 163 Å². The predicted octanol–water partition coefficient (Wildman–Crippen LogP) is -1.03. The van der Waals surface area contributed by atoms with Gasteiger partial charge in [0.2, 0.25) is 100 Å². The number of benzene rings is 4. The fourth-order valence-electron chi connectivity index (χ4n) is 16.2. The maximum absolute atomic E-state index is 16.2. The smallest absolute Gasteiger partial charge is 0.246 e. The number of nitrogens with one attached hydrogen (secondary N) is 14. The first kappa shape index (κ1) is 107. The molecule has 1 unspecified atom stereocenters. The summed E-state index contributed by atoms with van der Waals surface area (Å²) in [4.78, 5) is 266. The van der Waals surface area contributed by atoms with E-state index in [-0.39, 0.29) is 83.2 Å². The van der Waals surface area contributed by atoms with Crippen molar-refractivity contribution in [3.63, 3.8) is 0 Å². The van der Waals surface area contributed by atoms with Crippen LogP contribution in [0.4, 0.5) is 0 Å². The second-order valence-electron chi connectivity index (χ2n) is 34.3. The molecule has 8 rings (SSSR count). The number of para-hydroxylation sites is 1. The number of aromatic amines is 2. The number of carbonyl (C=O) groups is 17. The number of imidazole rings is 1. The topological polar surface area (TPSA) is 605 Å². The van der Waals surface area contributed by atoms with Gasteiger partial charge in [-0.05, 0) is 86.1 Å². The molecule has 4 aromatic carbocycles. The number of H-pyrrole nitrogens is 2. The summed E-state index contributed by atoms with van der Waals surface area (Å²) in [7, 11) is 5.27. The Hall–Kier alpha value is -13.8. The van der Waals surface area contributed by atoms with Gasteiger partial charge in [-0.3, -0.25) is 86.9 Å². The van der Waals surface area contributed by atoms with E-state index < -0.39 is 228 Å². The Kier molecular flexibility index (Phi) is 41.5. The fourth-order valence-corrected chi connectivity index (χ4v) is 17.1. The molecule has 4 heterocycles. The van der Waals surface area contributed by atoms with Gasteiger partial charge in [-0.15, -0.1) is 11.8 Å². The minimum Gasteiger partial charge on any atom is -0.394 e. The summed E-state index contributed by atoms with van der Waals surface area (Å²) in [5, 5.41) is 49.2. The fraction of sp³-hybridized carbons (Fsp3) is 0.495. The molecule has 13 atom stereocenters. The van der Waals surface area contributed by atoms with Crippen molar-refractivity contribution in [3.05, 3.63) is 162 Å². The third-order valence-corrected chi connectivity index (χ3v) is 24.7. The highest BCUT2D eigenvalue weighted by Crippen LogP contribution is 2.32. The van der Waals surface area contributed by atoms with E-state index in [1.807, 2.05) is 13.8 Å². The molecule has 0 aliphatic carbocycles. The highest BCUT2D eigenvalue weighted by molar-refractivity contribution is 8.00. The second-order valence-corrected chi connectivity index (χ2v) is 35.3. The van der Waals surface area contributed by atoms with Gasteiger partial charge in [0.05, 0.1) is 38.2 Å². The lowest BCUT2D eigenvalue weighted by Crippen LogP contribution is -2.62. The molecule has 42 heteroatoms. The van der Waals surface area contributed by atoms with Crippen LogP contribution >= 0.6 is 11.8 Å². The molecule has 2 aliphatic rings. The van der Waals surface area contributed by atoms with E-state index in [0.29, 0.717) is 64.5 Å². The Morgan fingerprint density at radius 1 is 0.548 bits per heavy atom. The van der Waals surface area contributed by atoms with E-state index in [2.05, 4.69) is 73.4 Å². The quantitative estimate of drug-likeness (QED) is 0.0167. The van der Waals surface area contributed by atoms with Crippen LogP contribution in [0.1, 0.15) is 146 Å². The van der Waals surface area contributed by atoms with E-state index in [9.17, 15) is 57.8 Å². The Balaban J connectivity index is 1.21. The lowest BCUT2D eigenvalue weighted by Gasteiger charge is -2.38. The van der Waals surface area contributed by atoms with Gasteiger partial charge in [-0.2, -0.15) is 0 Å². The minimum absolute atomic E-state index is 0.00342. The molecule has 135 heavy (non-hydrogen) atoms. The monoisotopic (exact) mass is 1890 g/mol. The zero-order valence-electron chi connectivity index (χ0n) is 77.6. The predicted molar refractivity (Wildman–Crippen MR) is 502 cm³/mol. The maximum atomic E-state index is 16.2. The summed E-state index contributed by atoms with van der Waals surface area (Å²) in [6.45, 7) is 5.90. The van der Waals surface area contributed by atoms with Crippen molar-refractivity contribution in [2.75, 3.05) is 72.5 Å². The van der Waals surface area contributed by atoms with E-state index in [1.54, 1.807) is 135 Å². The summed E-state index contributed by atoms with van der Waals surface area (Å²) in [6.07, 6.45) is 4.51. The van der Waals surface area contributed by atoms with Crippen LogP contribution in [0.15, 0.2) is 134 Å². The number of fused-ring (bicyclic) bond motifs is 2. The van der Waals surface area contributed by atoms with Crippen LogP contribution in [0.5, 0.6) is 0 Å². The lowest BCUT2D eigenvalue weighted by atomic mass is 9.83. The number of aliphatic hydroxyl groups excluding tert-OH is 1. The molecule has 17 amide bonds. The van der Waals surface area contributed by atoms with Crippen molar-refractivity contribution < 1.29 is 86.6 Å². The zero-order chi connectivity index (χ0) is 98.7. The molecule has 0 bridgehead atoms. The third-order valence-electron chi connectivity index (χ3n) is 23.6. The summed E-state index contributed by atoms with van der Waals surface area (Å²) in [5.74, 6) is -18.3. The standard InChI is InChI=1S/C93H129N23O18S/c1-10-12-36-71-86(128)105-63(35-25-39-99-93(96)97)82(124)110-70(81(123)101-48-75(95)119)51-135-52-77(121)104-67(42-56-27-17-14-18-28-56)89(131)113(7)55(5)80(122)107-68(45-74(94)118)90(132)116-40-26-38-72(116)87(129)106-65(44-60-47-98-53-102-60)84(126)108-66(41-54(3)4)88(130)112(6)49-76(120)103-64(43-59-46-100-62-34-24-23-33-61(59)62)83(125)109-69(50-117)85(127)111-79(92(134)115(9)73(37-13-11-2)91(133)114(71)8)78(57-29-19-15-20-30-57)58-31-21-16-22-32-58/h14-24,27-34,46-47,53-55,63-73,78-79,100,117H,10-13,25-26,35-45,48-52H2,1-9H3,(H2,94,118)(H2,95,119)(H,98,102)(H,101,123)(H,103,120)(H,104,121)(H,105,128)(H,106,129)(H,107,122)(H,108,126)(H,109,125)(H,110,124)(H,111,127)(H4,96,97,99)/t55-,63?,64-,65-,66-,67-,68-,69-,70-,71-,72-,73-,79-/m0/s1. The normalized spacial score (nSPS) is 23.2. The number of hydrogen-bond donors (Lipinski definition) is 18. The molecule has 0 spiro atoms. The molecule has 2 aromatic heterocycles. The largest absolute Gasteiger partial charge is 0.394 e. The molecule has 2 fully saturated rings. The first-order valence-electron chi connectivity index (χ1n) is 45.3. The van der Waals surface area contributed by atoms with Gasteiger partial charge in [0.1, 0.15) is 78.5 Å². The van der Waals surface area contributed by atoms with Crippen LogP contribution < -0.4 is 75.7 Å². The maximum Gasteiger partial charge on any atom is 0.246 e. The number of primary amides is 2. The van der Waals surface area contributed by atoms with Crippen LogP contribution in [0, 0.1) is 11.3 Å². The number of aromatic nitrogens is 3. The van der Waals surface area contributed by atoms with Crippen molar-refractivity contribution >= 4 is 129 Å². The number of carbonyl (C=O) groups excluding carboxylic acids is 17. The number of thioether (sulfide) groups is 1. The van der Waals surface area contributed by atoms with Crippen molar-refractivity contribution in [2.45, 2.75) is 215 Å². The number of likely N-dealkylation sites (N-methyl/N-ethyl adjacent to an activating group) is 4. The Bertz CT molecular complexity index is 5050. The number of rotatable bonds is 27. The van der Waals surface area contributed by atoms with E-state index in [0.717, 1.165) is 26.5 Å². The summed E-state index contributed by atoms with van der Waals surface area (Å²) in [5.41, 5.74) is 19.9. The number of unbranched alkanes of at least 4 members (excludes halogenated alkanes) is 2. The highest BCUT2D eigenvalue weighted by atomic mass is 32.2. The molecular formula is C93H129N23O18S. The Morgan fingerprint density at radius 2 is 1.12 bits per heavy atom. The number of guanidine groups is 1. The van der Waals surface area contributed by atoms with Gasteiger partial charge in [0, 0.05) is 101 Å². The van der Waals surface area contributed by atoms with Crippen molar-refractivity contribution in [1.82, 2.24) is 97.9 Å². The van der Waals surface area contributed by atoms with Gasteiger partial charge < -0.3 is 115 Å². The average Bonchev–Trinajstić information content (AvgIpc) is 1.50. The van der Waals surface area contributed by atoms with E-state index in [1.165, 1.54) is 57.4 Å². The van der Waals surface area contributed by atoms with Crippen molar-refractivity contribution in [3.8, 4) is 0 Å². The number of nitrogens with two attached hydrogens (primary N) is 3. The lowest BCUT2D eigenvalue weighted by molar-refractivity contribution is -0.149. The Morgan fingerprint density at radius 3 is 1.73 bits per heavy atom. The number of amides is 17. The molecule has 2 saturated heterocycles. The van der Waals surface area contributed by atoms with Crippen molar-refractivity contribution in [1.29, 1.82) is 5.41 Å². The van der Waals surface area contributed by atoms with Crippen molar-refractivity contribution in [2.24, 2.45) is 23.1 Å². The van der Waals surface area contributed by atoms with E-state index >= 15 is 28.8 Å². The molecule has 21 N–H and O–H groups in total. The molecule has 6 aromatic rings. The molecule has 0 saturated carbocycles. The number of nitrogens with zero attached hydrogens (tertiary/aromatic N) is 6. The summed E-state index contributed by atoms with van der Waals surface area (Å²) in [6, 6.07) is 12.8. The van der Waals surface area contributed by atoms with Crippen LogP contribution in [0.3, 0.4) is 0 Å². The van der Waals surface area contributed by atoms with Crippen LogP contribution in [0.25, 0.3) is 10.9 Å². The third kappa shape index (κ3) is 31.4. The van der Waals surface area contributed by atoms with Gasteiger partial charge >= 0.3 is 0 Å².